The second-order valence-corrected chi connectivity index (χ2v) is 5.14. The average Bonchev–Trinajstić information content (AvgIpc) is 3.26. The van der Waals surface area contributed by atoms with Gasteiger partial charge in [0, 0.05) is 13.0 Å². The highest BCUT2D eigenvalue weighted by Crippen LogP contribution is 2.47. The Morgan fingerprint density at radius 1 is 1.38 bits per heavy atom. The average molecular weight is 293 g/mol. The lowest BCUT2D eigenvalue weighted by Crippen LogP contribution is -2.39. The first-order valence-electron chi connectivity index (χ1n) is 6.77. The van der Waals surface area contributed by atoms with E-state index in [-0.39, 0.29) is 24.5 Å². The van der Waals surface area contributed by atoms with E-state index in [0.29, 0.717) is 5.75 Å². The smallest absolute Gasteiger partial charge is 0.325 e. The van der Waals surface area contributed by atoms with Gasteiger partial charge in [-0.05, 0) is 37.0 Å². The van der Waals surface area contributed by atoms with E-state index < -0.39 is 12.0 Å². The number of amides is 1. The van der Waals surface area contributed by atoms with Crippen LogP contribution in [0.3, 0.4) is 0 Å². The van der Waals surface area contributed by atoms with Crippen LogP contribution in [0.2, 0.25) is 0 Å². The Labute approximate surface area is 123 Å². The van der Waals surface area contributed by atoms with Crippen LogP contribution in [0.5, 0.6) is 5.75 Å². The number of ether oxygens (including phenoxy) is 2. The summed E-state index contributed by atoms with van der Waals surface area (Å²) < 4.78 is 10.1. The van der Waals surface area contributed by atoms with Crippen molar-refractivity contribution < 1.29 is 24.2 Å². The zero-order chi connectivity index (χ0) is 15.4. The minimum Gasteiger partial charge on any atom is -0.480 e. The van der Waals surface area contributed by atoms with Gasteiger partial charge >= 0.3 is 5.97 Å². The van der Waals surface area contributed by atoms with Crippen molar-refractivity contribution in [1.29, 1.82) is 0 Å². The molecule has 0 saturated heterocycles. The van der Waals surface area contributed by atoms with Crippen molar-refractivity contribution in [2.75, 3.05) is 13.9 Å². The van der Waals surface area contributed by atoms with E-state index in [4.69, 9.17) is 14.6 Å². The number of aliphatic carboxylic acids is 1. The molecule has 1 amide bonds. The number of hydrogen-bond acceptors (Lipinski definition) is 4. The lowest BCUT2D eigenvalue weighted by Gasteiger charge is -2.09. The van der Waals surface area contributed by atoms with Crippen LogP contribution in [0.15, 0.2) is 24.3 Å². The summed E-state index contributed by atoms with van der Waals surface area (Å²) in [6, 6.07) is 6.65. The number of benzene rings is 1. The largest absolute Gasteiger partial charge is 0.480 e. The molecular formula is C15H19NO5. The molecule has 6 nitrogen and oxygen atoms in total. The molecule has 2 rings (SSSR count). The summed E-state index contributed by atoms with van der Waals surface area (Å²) in [5.74, 6) is -0.503. The third-order valence-corrected chi connectivity index (χ3v) is 3.51. The molecule has 1 saturated carbocycles. The predicted molar refractivity (Wildman–Crippen MR) is 75.0 cm³/mol. The minimum absolute atomic E-state index is 0.141. The van der Waals surface area contributed by atoms with Gasteiger partial charge in [0.05, 0.1) is 0 Å². The van der Waals surface area contributed by atoms with Crippen LogP contribution in [-0.4, -0.2) is 36.9 Å². The summed E-state index contributed by atoms with van der Waals surface area (Å²) in [5.41, 5.74) is 1.06. The Hall–Kier alpha value is -2.08. The molecule has 0 bridgehead atoms. The zero-order valence-corrected chi connectivity index (χ0v) is 12.0. The van der Waals surface area contributed by atoms with Gasteiger partial charge in [-0.1, -0.05) is 12.1 Å². The van der Waals surface area contributed by atoms with Gasteiger partial charge in [-0.25, -0.2) is 0 Å². The molecular weight excluding hydrogens is 274 g/mol. The van der Waals surface area contributed by atoms with Crippen LogP contribution < -0.4 is 10.1 Å². The summed E-state index contributed by atoms with van der Waals surface area (Å²) in [6.07, 6.45) is 0.746. The fourth-order valence-corrected chi connectivity index (χ4v) is 2.17. The van der Waals surface area contributed by atoms with E-state index in [9.17, 15) is 9.59 Å². The van der Waals surface area contributed by atoms with Crippen LogP contribution in [0.4, 0.5) is 0 Å². The van der Waals surface area contributed by atoms with Gasteiger partial charge in [-0.2, -0.15) is 0 Å². The number of rotatable bonds is 7. The Bertz CT molecular complexity index is 513. The number of carbonyl (C=O) groups excluding carboxylic acids is 1. The Morgan fingerprint density at radius 3 is 2.62 bits per heavy atom. The van der Waals surface area contributed by atoms with Crippen LogP contribution in [-0.2, 0) is 14.3 Å². The molecule has 2 N–H and O–H groups in total. The second kappa shape index (κ2) is 6.58. The van der Waals surface area contributed by atoms with Crippen LogP contribution in [0.25, 0.3) is 0 Å². The second-order valence-electron chi connectivity index (χ2n) is 5.14. The normalized spacial score (nSPS) is 21.4. The maximum absolute atomic E-state index is 11.9. The number of carboxylic acid groups (broad SMARTS) is 1. The minimum atomic E-state index is -1.03. The monoisotopic (exact) mass is 293 g/mol. The van der Waals surface area contributed by atoms with Crippen molar-refractivity contribution in [2.24, 2.45) is 5.92 Å². The van der Waals surface area contributed by atoms with Crippen molar-refractivity contribution in [3.05, 3.63) is 29.8 Å². The number of hydrogen-bond donors (Lipinski definition) is 2. The number of methoxy groups -OCH3 is 1. The molecule has 3 unspecified atom stereocenters. The molecule has 0 heterocycles. The van der Waals surface area contributed by atoms with E-state index in [2.05, 4.69) is 5.32 Å². The van der Waals surface area contributed by atoms with E-state index in [0.717, 1.165) is 12.0 Å². The highest BCUT2D eigenvalue weighted by molar-refractivity contribution is 5.87. The zero-order valence-electron chi connectivity index (χ0n) is 12.0. The molecule has 0 radical (unpaired) electrons. The molecule has 1 aromatic carbocycles. The first-order valence-corrected chi connectivity index (χ1v) is 6.77. The van der Waals surface area contributed by atoms with Gasteiger partial charge in [0.25, 0.3) is 0 Å². The first kappa shape index (κ1) is 15.3. The molecule has 0 aromatic heterocycles. The highest BCUT2D eigenvalue weighted by Gasteiger charge is 2.44. The molecule has 0 spiro atoms. The van der Waals surface area contributed by atoms with Crippen LogP contribution in [0.1, 0.15) is 24.8 Å². The van der Waals surface area contributed by atoms with E-state index >= 15 is 0 Å². The quantitative estimate of drug-likeness (QED) is 0.742. The SMILES string of the molecule is COCOc1ccc(C2CC2C(=O)NC(C)C(=O)O)cc1. The summed E-state index contributed by atoms with van der Waals surface area (Å²) in [5, 5.41) is 11.3. The molecule has 6 heteroatoms. The Balaban J connectivity index is 1.87. The summed E-state index contributed by atoms with van der Waals surface area (Å²) in [6.45, 7) is 1.65. The first-order chi connectivity index (χ1) is 10.0. The van der Waals surface area contributed by atoms with E-state index in [1.807, 2.05) is 24.3 Å². The molecule has 1 fully saturated rings. The molecule has 1 aliphatic carbocycles. The summed E-state index contributed by atoms with van der Waals surface area (Å²) in [7, 11) is 1.56. The third-order valence-electron chi connectivity index (χ3n) is 3.51. The molecule has 1 aliphatic rings. The number of carboxylic acids is 1. The third kappa shape index (κ3) is 3.95. The lowest BCUT2D eigenvalue weighted by atomic mass is 10.1. The molecule has 3 atom stereocenters. The van der Waals surface area contributed by atoms with Gasteiger partial charge in [0.1, 0.15) is 11.8 Å². The molecule has 21 heavy (non-hydrogen) atoms. The predicted octanol–water partition coefficient (Wildman–Crippen LogP) is 1.36. The van der Waals surface area contributed by atoms with Gasteiger partial charge in [-0.15, -0.1) is 0 Å². The molecule has 0 aliphatic heterocycles. The maximum Gasteiger partial charge on any atom is 0.325 e. The fraction of sp³-hybridized carbons (Fsp3) is 0.467. The molecule has 1 aromatic rings. The van der Waals surface area contributed by atoms with Gasteiger partial charge in [-0.3, -0.25) is 9.59 Å². The van der Waals surface area contributed by atoms with Gasteiger partial charge in [0.15, 0.2) is 6.79 Å². The lowest BCUT2D eigenvalue weighted by molar-refractivity contribution is -0.141. The van der Waals surface area contributed by atoms with Gasteiger partial charge < -0.3 is 19.9 Å². The van der Waals surface area contributed by atoms with Crippen LogP contribution >= 0.6 is 0 Å². The van der Waals surface area contributed by atoms with Gasteiger partial charge in [0.2, 0.25) is 5.91 Å². The van der Waals surface area contributed by atoms with Crippen molar-refractivity contribution >= 4 is 11.9 Å². The standard InChI is InChI=1S/C15H19NO5/c1-9(15(18)19)16-14(17)13-7-12(13)10-3-5-11(6-4-10)21-8-20-2/h3-6,9,12-13H,7-8H2,1-2H3,(H,16,17)(H,18,19). The van der Waals surface area contributed by atoms with Crippen molar-refractivity contribution in [3.63, 3.8) is 0 Å². The van der Waals surface area contributed by atoms with Crippen LogP contribution in [0, 0.1) is 5.92 Å². The summed E-state index contributed by atoms with van der Waals surface area (Å²) in [4.78, 5) is 22.6. The van der Waals surface area contributed by atoms with Crippen molar-refractivity contribution in [3.8, 4) is 5.75 Å². The summed E-state index contributed by atoms with van der Waals surface area (Å²) >= 11 is 0. The fourth-order valence-electron chi connectivity index (χ4n) is 2.17. The Kier molecular flexibility index (Phi) is 4.80. The Morgan fingerprint density at radius 2 is 2.05 bits per heavy atom. The highest BCUT2D eigenvalue weighted by atomic mass is 16.7. The topological polar surface area (TPSA) is 84.9 Å². The van der Waals surface area contributed by atoms with Crippen molar-refractivity contribution in [2.45, 2.75) is 25.3 Å². The maximum atomic E-state index is 11.9. The number of nitrogens with one attached hydrogen (secondary N) is 1. The van der Waals surface area contributed by atoms with Crippen molar-refractivity contribution in [1.82, 2.24) is 5.32 Å². The van der Waals surface area contributed by atoms with E-state index in [1.54, 1.807) is 7.11 Å². The molecule has 114 valence electrons. The van der Waals surface area contributed by atoms with E-state index in [1.165, 1.54) is 6.92 Å². The number of carbonyl (C=O) groups is 2.